The van der Waals surface area contributed by atoms with Crippen molar-refractivity contribution in [3.63, 3.8) is 0 Å². The van der Waals surface area contributed by atoms with Crippen LogP contribution in [0.15, 0.2) is 29.0 Å². The number of aromatic nitrogens is 3. The Labute approximate surface area is 101 Å². The molecule has 0 saturated heterocycles. The highest BCUT2D eigenvalue weighted by Crippen LogP contribution is 2.26. The molecule has 0 amide bonds. The zero-order valence-corrected chi connectivity index (χ0v) is 10.6. The van der Waals surface area contributed by atoms with Crippen LogP contribution in [0, 0.1) is 5.82 Å². The Kier molecular flexibility index (Phi) is 3.05. The lowest BCUT2D eigenvalue weighted by atomic mass is 10.3. The summed E-state index contributed by atoms with van der Waals surface area (Å²) in [4.78, 5) is 4.12. The van der Waals surface area contributed by atoms with Gasteiger partial charge in [-0.05, 0) is 41.9 Å². The minimum absolute atomic E-state index is 0.130. The first-order chi connectivity index (χ1) is 7.59. The van der Waals surface area contributed by atoms with Crippen molar-refractivity contribution >= 4 is 15.9 Å². The van der Waals surface area contributed by atoms with Gasteiger partial charge in [-0.2, -0.15) is 5.10 Å². The van der Waals surface area contributed by atoms with Crippen LogP contribution < -0.4 is 0 Å². The van der Waals surface area contributed by atoms with Gasteiger partial charge >= 0.3 is 0 Å². The van der Waals surface area contributed by atoms with E-state index in [1.165, 1.54) is 6.20 Å². The van der Waals surface area contributed by atoms with Crippen LogP contribution in [0.1, 0.15) is 19.9 Å². The summed E-state index contributed by atoms with van der Waals surface area (Å²) < 4.78 is 16.0. The van der Waals surface area contributed by atoms with E-state index in [1.807, 2.05) is 19.9 Å². The van der Waals surface area contributed by atoms with Gasteiger partial charge in [-0.1, -0.05) is 0 Å². The molecule has 0 fully saturated rings. The van der Waals surface area contributed by atoms with Gasteiger partial charge in [-0.25, -0.2) is 4.39 Å². The minimum Gasteiger partial charge on any atom is -0.267 e. The molecule has 2 rings (SSSR count). The second-order valence-electron chi connectivity index (χ2n) is 3.73. The molecule has 0 aliphatic carbocycles. The molecule has 0 saturated carbocycles. The van der Waals surface area contributed by atoms with Gasteiger partial charge in [0.15, 0.2) is 5.82 Å². The molecule has 0 aromatic carbocycles. The molecule has 0 spiro atoms. The van der Waals surface area contributed by atoms with E-state index in [9.17, 15) is 4.39 Å². The lowest BCUT2D eigenvalue weighted by molar-refractivity contribution is 0.527. The van der Waals surface area contributed by atoms with Crippen molar-refractivity contribution < 1.29 is 4.39 Å². The second kappa shape index (κ2) is 4.33. The average Bonchev–Trinajstić information content (AvgIpc) is 2.61. The minimum atomic E-state index is -0.354. The molecular formula is C11H11BrFN3. The zero-order chi connectivity index (χ0) is 11.7. The summed E-state index contributed by atoms with van der Waals surface area (Å²) in [5, 5.41) is 4.19. The SMILES string of the molecule is CC(C)n1cc(F)c(-c2ncccc2Br)n1. The van der Waals surface area contributed by atoms with Crippen molar-refractivity contribution in [2.75, 3.05) is 0 Å². The topological polar surface area (TPSA) is 30.7 Å². The Morgan fingerprint density at radius 3 is 2.69 bits per heavy atom. The molecule has 16 heavy (non-hydrogen) atoms. The van der Waals surface area contributed by atoms with Crippen molar-refractivity contribution in [1.29, 1.82) is 0 Å². The van der Waals surface area contributed by atoms with Crippen molar-refractivity contribution in [1.82, 2.24) is 14.8 Å². The van der Waals surface area contributed by atoms with E-state index >= 15 is 0 Å². The lowest BCUT2D eigenvalue weighted by Gasteiger charge is -2.03. The number of hydrogen-bond acceptors (Lipinski definition) is 2. The summed E-state index contributed by atoms with van der Waals surface area (Å²) in [6.07, 6.45) is 3.01. The molecule has 0 bridgehead atoms. The third-order valence-electron chi connectivity index (χ3n) is 2.20. The van der Waals surface area contributed by atoms with Gasteiger partial charge in [0.05, 0.1) is 6.20 Å². The quantitative estimate of drug-likeness (QED) is 0.846. The number of hydrogen-bond donors (Lipinski definition) is 0. The molecule has 0 unspecified atom stereocenters. The van der Waals surface area contributed by atoms with E-state index in [0.29, 0.717) is 5.69 Å². The molecule has 0 aliphatic rings. The largest absolute Gasteiger partial charge is 0.267 e. The van der Waals surface area contributed by atoms with Gasteiger partial charge in [0.2, 0.25) is 0 Å². The highest BCUT2D eigenvalue weighted by atomic mass is 79.9. The fraction of sp³-hybridized carbons (Fsp3) is 0.273. The summed E-state index contributed by atoms with van der Waals surface area (Å²) in [6.45, 7) is 3.90. The van der Waals surface area contributed by atoms with Crippen molar-refractivity contribution in [2.24, 2.45) is 0 Å². The Bertz CT molecular complexity index is 508. The molecule has 0 atom stereocenters. The van der Waals surface area contributed by atoms with Gasteiger partial charge in [0.25, 0.3) is 0 Å². The van der Waals surface area contributed by atoms with Crippen molar-refractivity contribution in [3.8, 4) is 11.4 Å². The molecule has 0 radical (unpaired) electrons. The maximum atomic E-state index is 13.7. The molecule has 3 nitrogen and oxygen atoms in total. The Morgan fingerprint density at radius 2 is 2.12 bits per heavy atom. The van der Waals surface area contributed by atoms with Crippen LogP contribution >= 0.6 is 15.9 Å². The smallest absolute Gasteiger partial charge is 0.170 e. The first-order valence-corrected chi connectivity index (χ1v) is 5.74. The van der Waals surface area contributed by atoms with Gasteiger partial charge in [0.1, 0.15) is 11.4 Å². The Balaban J connectivity index is 2.52. The summed E-state index contributed by atoms with van der Waals surface area (Å²) in [5.74, 6) is -0.354. The molecule has 84 valence electrons. The number of pyridine rings is 1. The maximum Gasteiger partial charge on any atom is 0.170 e. The second-order valence-corrected chi connectivity index (χ2v) is 4.59. The van der Waals surface area contributed by atoms with E-state index in [2.05, 4.69) is 26.0 Å². The maximum absolute atomic E-state index is 13.7. The normalized spacial score (nSPS) is 11.1. The average molecular weight is 284 g/mol. The van der Waals surface area contributed by atoms with E-state index in [-0.39, 0.29) is 17.6 Å². The van der Waals surface area contributed by atoms with Gasteiger partial charge in [0, 0.05) is 16.7 Å². The van der Waals surface area contributed by atoms with E-state index in [0.717, 1.165) is 4.47 Å². The van der Waals surface area contributed by atoms with E-state index in [1.54, 1.807) is 16.9 Å². The standard InChI is InChI=1S/C11H11BrFN3/c1-7(2)16-6-9(13)11(15-16)10-8(12)4-3-5-14-10/h3-7H,1-2H3. The fourth-order valence-electron chi connectivity index (χ4n) is 1.35. The summed E-state index contributed by atoms with van der Waals surface area (Å²) in [6, 6.07) is 3.73. The predicted octanol–water partition coefficient (Wildman–Crippen LogP) is 3.43. The van der Waals surface area contributed by atoms with Crippen molar-refractivity contribution in [3.05, 3.63) is 34.8 Å². The van der Waals surface area contributed by atoms with E-state index in [4.69, 9.17) is 0 Å². The van der Waals surface area contributed by atoms with Crippen LogP contribution in [-0.4, -0.2) is 14.8 Å². The van der Waals surface area contributed by atoms with Crippen LogP contribution in [0.3, 0.4) is 0 Å². The number of nitrogens with zero attached hydrogens (tertiary/aromatic N) is 3. The van der Waals surface area contributed by atoms with Crippen LogP contribution in [0.25, 0.3) is 11.4 Å². The fourth-order valence-corrected chi connectivity index (χ4v) is 1.80. The molecule has 2 aromatic rings. The highest BCUT2D eigenvalue weighted by Gasteiger charge is 2.15. The molecule has 5 heteroatoms. The zero-order valence-electron chi connectivity index (χ0n) is 8.98. The molecule has 0 aliphatic heterocycles. The van der Waals surface area contributed by atoms with E-state index < -0.39 is 0 Å². The molecule has 2 aromatic heterocycles. The molecule has 0 N–H and O–H groups in total. The van der Waals surface area contributed by atoms with Gasteiger partial charge in [-0.15, -0.1) is 0 Å². The van der Waals surface area contributed by atoms with Gasteiger partial charge in [-0.3, -0.25) is 9.67 Å². The Hall–Kier alpha value is -1.23. The first-order valence-electron chi connectivity index (χ1n) is 4.95. The third kappa shape index (κ3) is 2.00. The predicted molar refractivity (Wildman–Crippen MR) is 63.5 cm³/mol. The molecular weight excluding hydrogens is 273 g/mol. The van der Waals surface area contributed by atoms with Crippen LogP contribution in [-0.2, 0) is 0 Å². The summed E-state index contributed by atoms with van der Waals surface area (Å²) >= 11 is 3.34. The lowest BCUT2D eigenvalue weighted by Crippen LogP contribution is -2.01. The third-order valence-corrected chi connectivity index (χ3v) is 2.84. The van der Waals surface area contributed by atoms with Gasteiger partial charge < -0.3 is 0 Å². The first kappa shape index (κ1) is 11.3. The highest BCUT2D eigenvalue weighted by molar-refractivity contribution is 9.10. The number of halogens is 2. The Morgan fingerprint density at radius 1 is 1.38 bits per heavy atom. The summed E-state index contributed by atoms with van der Waals surface area (Å²) in [5.41, 5.74) is 0.806. The van der Waals surface area contributed by atoms with Crippen LogP contribution in [0.5, 0.6) is 0 Å². The monoisotopic (exact) mass is 283 g/mol. The van der Waals surface area contributed by atoms with Crippen molar-refractivity contribution in [2.45, 2.75) is 19.9 Å². The van der Waals surface area contributed by atoms with Crippen LogP contribution in [0.2, 0.25) is 0 Å². The molecule has 2 heterocycles. The summed E-state index contributed by atoms with van der Waals surface area (Å²) in [7, 11) is 0. The number of rotatable bonds is 2. The van der Waals surface area contributed by atoms with Crippen LogP contribution in [0.4, 0.5) is 4.39 Å².